The van der Waals surface area contributed by atoms with E-state index in [0.29, 0.717) is 12.3 Å². The molecule has 0 atom stereocenters. The quantitative estimate of drug-likeness (QED) is 0.522. The zero-order valence-corrected chi connectivity index (χ0v) is 10.7. The number of rotatable bonds is 4. The second kappa shape index (κ2) is 9.81. The summed E-state index contributed by atoms with van der Waals surface area (Å²) >= 11 is 0.815. The molecule has 0 spiro atoms. The molecule has 0 N–H and O–H groups in total. The first-order valence-corrected chi connectivity index (χ1v) is 8.27. The molecule has 0 unspecified atom stereocenters. The van der Waals surface area contributed by atoms with Crippen molar-refractivity contribution >= 4 is 22.6 Å². The first-order valence-electron chi connectivity index (χ1n) is 4.64. The van der Waals surface area contributed by atoms with Crippen molar-refractivity contribution in [3.63, 3.8) is 0 Å². The molecule has 0 bridgehead atoms. The van der Waals surface area contributed by atoms with Crippen LogP contribution in [0.4, 0.5) is 0 Å². The fourth-order valence-electron chi connectivity index (χ4n) is 0.512. The Labute approximate surface area is 82.9 Å². The molecule has 0 fully saturated rings. The molecule has 0 aliphatic carbocycles. The minimum atomic E-state index is -2.90. The molecule has 0 radical (unpaired) electrons. The minimum absolute atomic E-state index is 0.295. The van der Waals surface area contributed by atoms with Crippen LogP contribution in [0.3, 0.4) is 0 Å². The van der Waals surface area contributed by atoms with Crippen molar-refractivity contribution in [2.45, 2.75) is 38.3 Å². The molecule has 0 heterocycles. The zero-order chi connectivity index (χ0) is 10.0. The molecule has 0 saturated carbocycles. The summed E-state index contributed by atoms with van der Waals surface area (Å²) in [6.07, 6.45) is 0.590. The normalized spacial score (nSPS) is 9.75. The second-order valence-electron chi connectivity index (χ2n) is 2.55. The third kappa shape index (κ3) is 13.3. The van der Waals surface area contributed by atoms with E-state index in [0.717, 1.165) is 15.2 Å². The van der Waals surface area contributed by atoms with E-state index in [9.17, 15) is 9.46 Å². The molecule has 0 aromatic rings. The van der Waals surface area contributed by atoms with Gasteiger partial charge in [-0.15, -0.1) is 0 Å². The summed E-state index contributed by atoms with van der Waals surface area (Å²) in [5.74, 6) is 0. The second-order valence-corrected chi connectivity index (χ2v) is 7.66. The fraction of sp³-hybridized carbons (Fsp3) is 1.00. The topological polar surface area (TPSA) is 40.1 Å². The van der Waals surface area contributed by atoms with Gasteiger partial charge in [0, 0.05) is 7.37 Å². The van der Waals surface area contributed by atoms with Crippen LogP contribution in [0.15, 0.2) is 0 Å². The average molecular weight is 206 g/mol. The van der Waals surface area contributed by atoms with Gasteiger partial charge in [0.15, 0.2) is 0 Å². The molecular weight excluding hydrogens is 186 g/mol. The summed E-state index contributed by atoms with van der Waals surface area (Å²) in [4.78, 5) is 10.4. The number of hydrogen-bond acceptors (Lipinski definition) is 2. The molecule has 4 heteroatoms. The van der Waals surface area contributed by atoms with E-state index in [1.165, 1.54) is 10.6 Å². The summed E-state index contributed by atoms with van der Waals surface area (Å²) in [5.41, 5.74) is 0. The van der Waals surface area contributed by atoms with E-state index < -0.39 is 7.37 Å². The van der Waals surface area contributed by atoms with Gasteiger partial charge in [-0.2, -0.15) is 0 Å². The van der Waals surface area contributed by atoms with Crippen molar-refractivity contribution < 1.29 is 9.46 Å². The Morgan fingerprint density at radius 3 is 1.42 bits per heavy atom. The summed E-state index contributed by atoms with van der Waals surface area (Å²) in [6, 6.07) is 0. The van der Waals surface area contributed by atoms with Gasteiger partial charge in [-0.1, -0.05) is 13.8 Å². The third-order valence-electron chi connectivity index (χ3n) is 1.54. The van der Waals surface area contributed by atoms with Crippen molar-refractivity contribution in [2.75, 3.05) is 12.3 Å². The van der Waals surface area contributed by atoms with Gasteiger partial charge in [0.1, 0.15) is 0 Å². The molecule has 72 valence electrons. The van der Waals surface area contributed by atoms with Gasteiger partial charge in [-0.05, 0) is 12.3 Å². The monoisotopic (exact) mass is 206 g/mol. The standard InChI is InChI=1S/C4H11O2P.2C2H5.Al/c1-3-7(5,6)4-2;2*1-2;/h3-4H2,1-2H3,(H,5,6);2*1H2,2H3;/q;;;+1/p-1. The first kappa shape index (κ1) is 15.2. The SMILES string of the molecule is CCP(=O)([O-])CC.C[CH2][Al+][CH2]C. The fourth-order valence-corrected chi connectivity index (χ4v) is 1.54. The van der Waals surface area contributed by atoms with Crippen LogP contribution in [0.25, 0.3) is 0 Å². The predicted molar refractivity (Wildman–Crippen MR) is 55.4 cm³/mol. The zero-order valence-electron chi connectivity index (χ0n) is 8.67. The van der Waals surface area contributed by atoms with Crippen LogP contribution in [0, 0.1) is 0 Å². The van der Waals surface area contributed by atoms with Crippen LogP contribution in [0.5, 0.6) is 0 Å². The average Bonchev–Trinajstić information content (AvgIpc) is 2.07. The van der Waals surface area contributed by atoms with E-state index >= 15 is 0 Å². The van der Waals surface area contributed by atoms with Gasteiger partial charge in [-0.3, -0.25) is 0 Å². The van der Waals surface area contributed by atoms with Crippen LogP contribution in [-0.4, -0.2) is 27.5 Å². The molecule has 2 nitrogen and oxygen atoms in total. The van der Waals surface area contributed by atoms with Crippen LogP contribution in [0.1, 0.15) is 27.7 Å². The van der Waals surface area contributed by atoms with Crippen LogP contribution in [0.2, 0.25) is 10.6 Å². The van der Waals surface area contributed by atoms with Gasteiger partial charge < -0.3 is 9.46 Å². The van der Waals surface area contributed by atoms with Gasteiger partial charge in [0.25, 0.3) is 0 Å². The van der Waals surface area contributed by atoms with Crippen molar-refractivity contribution in [3.05, 3.63) is 0 Å². The van der Waals surface area contributed by atoms with Crippen molar-refractivity contribution in [1.29, 1.82) is 0 Å². The molecule has 0 aliphatic rings. The number of hydrogen-bond donors (Lipinski definition) is 0. The van der Waals surface area contributed by atoms with Crippen LogP contribution >= 0.6 is 7.37 Å². The summed E-state index contributed by atoms with van der Waals surface area (Å²) in [5, 5.41) is 2.85. The Kier molecular flexibility index (Phi) is 12.4. The van der Waals surface area contributed by atoms with Crippen molar-refractivity contribution in [3.8, 4) is 0 Å². The van der Waals surface area contributed by atoms with Gasteiger partial charge >= 0.3 is 39.6 Å². The van der Waals surface area contributed by atoms with Crippen LogP contribution < -0.4 is 4.89 Å². The maximum atomic E-state index is 10.4. The van der Waals surface area contributed by atoms with Gasteiger partial charge in [-0.25, -0.2) is 0 Å². The summed E-state index contributed by atoms with van der Waals surface area (Å²) in [6.45, 7) is 7.83. The molecule has 0 aromatic heterocycles. The van der Waals surface area contributed by atoms with Gasteiger partial charge in [0.05, 0.1) is 0 Å². The molecule has 0 aliphatic heterocycles. The molecular formula is C8H20AlO2P. The molecule has 12 heavy (non-hydrogen) atoms. The maximum absolute atomic E-state index is 10.4. The van der Waals surface area contributed by atoms with E-state index in [1.54, 1.807) is 13.8 Å². The van der Waals surface area contributed by atoms with E-state index in [2.05, 4.69) is 13.8 Å². The van der Waals surface area contributed by atoms with Gasteiger partial charge in [0.2, 0.25) is 0 Å². The Balaban J connectivity index is 0. The van der Waals surface area contributed by atoms with E-state index in [4.69, 9.17) is 0 Å². The molecule has 0 aromatic carbocycles. The Hall–Kier alpha value is 0.722. The molecule has 0 rings (SSSR count). The molecule has 0 saturated heterocycles. The predicted octanol–water partition coefficient (Wildman–Crippen LogP) is 2.23. The Bertz CT molecular complexity index is 118. The van der Waals surface area contributed by atoms with Crippen LogP contribution in [-0.2, 0) is 4.57 Å². The summed E-state index contributed by atoms with van der Waals surface area (Å²) in [7, 11) is -2.90. The first-order chi connectivity index (χ1) is 5.54. The van der Waals surface area contributed by atoms with E-state index in [1.807, 2.05) is 0 Å². The summed E-state index contributed by atoms with van der Waals surface area (Å²) < 4.78 is 10.4. The van der Waals surface area contributed by atoms with Crippen molar-refractivity contribution in [1.82, 2.24) is 0 Å². The Morgan fingerprint density at radius 2 is 1.42 bits per heavy atom. The third-order valence-corrected chi connectivity index (χ3v) is 4.62. The van der Waals surface area contributed by atoms with Crippen molar-refractivity contribution in [2.24, 2.45) is 0 Å². The van der Waals surface area contributed by atoms with E-state index in [-0.39, 0.29) is 0 Å². The molecule has 0 amide bonds. The Morgan fingerprint density at radius 1 is 1.08 bits per heavy atom.